The van der Waals surface area contributed by atoms with Crippen LogP contribution < -0.4 is 0 Å². The Kier molecular flexibility index (Phi) is 4.46. The van der Waals surface area contributed by atoms with E-state index in [-0.39, 0.29) is 6.42 Å². The number of aliphatic carboxylic acids is 1. The second-order valence-electron chi connectivity index (χ2n) is 2.74. The van der Waals surface area contributed by atoms with Gasteiger partial charge in [0.15, 0.2) is 0 Å². The molecule has 0 bridgehead atoms. The van der Waals surface area contributed by atoms with Gasteiger partial charge in [-0.2, -0.15) is 0 Å². The Hall–Kier alpha value is -1.03. The van der Waals surface area contributed by atoms with Crippen LogP contribution in [0.5, 0.6) is 0 Å². The fourth-order valence-electron chi connectivity index (χ4n) is 0.995. The molecule has 0 fully saturated rings. The largest absolute Gasteiger partial charge is 0.480 e. The van der Waals surface area contributed by atoms with Gasteiger partial charge < -0.3 is 5.11 Å². The molecule has 1 aromatic carbocycles. The van der Waals surface area contributed by atoms with Gasteiger partial charge in [-0.15, -0.1) is 11.8 Å². The summed E-state index contributed by atoms with van der Waals surface area (Å²) in [5.74, 6) is -0.962. The van der Waals surface area contributed by atoms with Crippen LogP contribution in [-0.2, 0) is 4.79 Å². The van der Waals surface area contributed by atoms with Crippen LogP contribution in [0.4, 0.5) is 4.39 Å². The first-order chi connectivity index (χ1) is 6.74. The number of alkyl halides is 1. The molecule has 0 saturated carbocycles. The lowest BCUT2D eigenvalue weighted by molar-refractivity contribution is -0.136. The minimum Gasteiger partial charge on any atom is -0.480 e. The maximum atomic E-state index is 12.0. The monoisotopic (exact) mass is 214 g/mol. The first-order valence-electron chi connectivity index (χ1n) is 4.24. The zero-order valence-corrected chi connectivity index (χ0v) is 8.34. The second kappa shape index (κ2) is 5.65. The smallest absolute Gasteiger partial charge is 0.317 e. The molecular formula is C10H11FO2S. The molecule has 0 aliphatic carbocycles. The van der Waals surface area contributed by atoms with Crippen LogP contribution >= 0.6 is 11.8 Å². The summed E-state index contributed by atoms with van der Waals surface area (Å²) in [5.41, 5.74) is 0. The average Bonchev–Trinajstić information content (AvgIpc) is 2.18. The minimum atomic E-state index is -0.962. The van der Waals surface area contributed by atoms with Crippen LogP contribution in [0.25, 0.3) is 0 Å². The van der Waals surface area contributed by atoms with Gasteiger partial charge in [0.2, 0.25) is 0 Å². The fraction of sp³-hybridized carbons (Fsp3) is 0.300. The molecule has 1 unspecified atom stereocenters. The molecule has 0 radical (unpaired) electrons. The van der Waals surface area contributed by atoms with E-state index in [9.17, 15) is 9.18 Å². The molecule has 1 N–H and O–H groups in total. The lowest BCUT2D eigenvalue weighted by atomic mass is 10.3. The van der Waals surface area contributed by atoms with Crippen LogP contribution in [0, 0.1) is 0 Å². The van der Waals surface area contributed by atoms with Gasteiger partial charge in [0, 0.05) is 4.90 Å². The van der Waals surface area contributed by atoms with Crippen molar-refractivity contribution in [3.63, 3.8) is 0 Å². The average molecular weight is 214 g/mol. The van der Waals surface area contributed by atoms with Crippen molar-refractivity contribution in [1.29, 1.82) is 0 Å². The van der Waals surface area contributed by atoms with Gasteiger partial charge in [0.25, 0.3) is 0 Å². The zero-order valence-electron chi connectivity index (χ0n) is 7.52. The number of benzene rings is 1. The molecule has 2 nitrogen and oxygen atoms in total. The summed E-state index contributed by atoms with van der Waals surface area (Å²) in [6, 6.07) is 9.15. The molecule has 76 valence electrons. The highest BCUT2D eigenvalue weighted by Gasteiger charge is 2.17. The summed E-state index contributed by atoms with van der Waals surface area (Å²) in [6.07, 6.45) is 0.0505. The normalized spacial score (nSPS) is 12.4. The van der Waals surface area contributed by atoms with E-state index in [2.05, 4.69) is 0 Å². The van der Waals surface area contributed by atoms with Crippen molar-refractivity contribution in [1.82, 2.24) is 0 Å². The number of hydrogen-bond acceptors (Lipinski definition) is 2. The van der Waals surface area contributed by atoms with Crippen molar-refractivity contribution in [3.05, 3.63) is 30.3 Å². The van der Waals surface area contributed by atoms with Crippen molar-refractivity contribution < 1.29 is 14.3 Å². The van der Waals surface area contributed by atoms with Crippen molar-refractivity contribution in [2.24, 2.45) is 0 Å². The molecule has 4 heteroatoms. The predicted molar refractivity (Wildman–Crippen MR) is 54.3 cm³/mol. The number of thioether (sulfide) groups is 1. The van der Waals surface area contributed by atoms with Crippen LogP contribution in [0.2, 0.25) is 0 Å². The molecule has 1 aromatic rings. The minimum absolute atomic E-state index is 0.0505. The van der Waals surface area contributed by atoms with E-state index in [1.807, 2.05) is 30.3 Å². The van der Waals surface area contributed by atoms with Crippen molar-refractivity contribution in [2.45, 2.75) is 16.6 Å². The van der Waals surface area contributed by atoms with Crippen LogP contribution in [0.1, 0.15) is 6.42 Å². The third-order valence-electron chi connectivity index (χ3n) is 1.67. The number of rotatable bonds is 5. The highest BCUT2D eigenvalue weighted by atomic mass is 32.2. The van der Waals surface area contributed by atoms with E-state index in [1.165, 1.54) is 11.8 Å². The van der Waals surface area contributed by atoms with Gasteiger partial charge in [-0.1, -0.05) is 18.2 Å². The zero-order chi connectivity index (χ0) is 10.4. The Labute approximate surface area is 86.1 Å². The molecule has 1 atom stereocenters. The second-order valence-corrected chi connectivity index (χ2v) is 4.01. The first kappa shape index (κ1) is 11.0. The summed E-state index contributed by atoms with van der Waals surface area (Å²) in [5, 5.41) is 8.09. The fourth-order valence-corrected chi connectivity index (χ4v) is 1.95. The molecule has 1 rings (SSSR count). The molecule has 0 spiro atoms. The van der Waals surface area contributed by atoms with E-state index in [4.69, 9.17) is 5.11 Å². The Balaban J connectivity index is 2.60. The van der Waals surface area contributed by atoms with Crippen LogP contribution in [-0.4, -0.2) is 23.0 Å². The summed E-state index contributed by atoms with van der Waals surface area (Å²) in [4.78, 5) is 11.6. The van der Waals surface area contributed by atoms with Gasteiger partial charge in [-0.25, -0.2) is 0 Å². The van der Waals surface area contributed by atoms with E-state index in [0.717, 1.165) is 4.90 Å². The standard InChI is InChI=1S/C10H11FO2S/c11-7-6-9(10(12)13)14-8-4-2-1-3-5-8/h1-5,9H,6-7H2,(H,12,13). The van der Waals surface area contributed by atoms with Gasteiger partial charge in [-0.3, -0.25) is 9.18 Å². The Morgan fingerprint density at radius 2 is 2.07 bits per heavy atom. The third-order valence-corrected chi connectivity index (χ3v) is 2.93. The number of carboxylic acids is 1. The summed E-state index contributed by atoms with van der Waals surface area (Å²) >= 11 is 1.18. The maximum Gasteiger partial charge on any atom is 0.317 e. The van der Waals surface area contributed by atoms with Crippen LogP contribution in [0.3, 0.4) is 0 Å². The molecule has 0 aliphatic heterocycles. The van der Waals surface area contributed by atoms with Crippen LogP contribution in [0.15, 0.2) is 35.2 Å². The Bertz CT molecular complexity index is 289. The number of hydrogen-bond donors (Lipinski definition) is 1. The predicted octanol–water partition coefficient (Wildman–Crippen LogP) is 2.59. The first-order valence-corrected chi connectivity index (χ1v) is 5.12. The SMILES string of the molecule is O=C(O)C(CCF)Sc1ccccc1. The Morgan fingerprint density at radius 3 is 2.57 bits per heavy atom. The quantitative estimate of drug-likeness (QED) is 0.765. The van der Waals surface area contributed by atoms with Crippen molar-refractivity contribution >= 4 is 17.7 Å². The summed E-state index contributed by atoms with van der Waals surface area (Å²) in [7, 11) is 0. The highest BCUT2D eigenvalue weighted by Crippen LogP contribution is 2.25. The number of halogens is 1. The van der Waals surface area contributed by atoms with E-state index in [1.54, 1.807) is 0 Å². The summed E-state index contributed by atoms with van der Waals surface area (Å²) in [6.45, 7) is -0.600. The molecule has 0 heterocycles. The van der Waals surface area contributed by atoms with Gasteiger partial charge >= 0.3 is 5.97 Å². The number of carboxylic acid groups (broad SMARTS) is 1. The topological polar surface area (TPSA) is 37.3 Å². The molecular weight excluding hydrogens is 203 g/mol. The molecule has 0 aliphatic rings. The van der Waals surface area contributed by atoms with E-state index in [0.29, 0.717) is 0 Å². The van der Waals surface area contributed by atoms with Crippen molar-refractivity contribution in [3.8, 4) is 0 Å². The van der Waals surface area contributed by atoms with E-state index < -0.39 is 17.9 Å². The van der Waals surface area contributed by atoms with E-state index >= 15 is 0 Å². The molecule has 0 amide bonds. The molecule has 0 aromatic heterocycles. The third kappa shape index (κ3) is 3.38. The van der Waals surface area contributed by atoms with Gasteiger partial charge in [0.1, 0.15) is 5.25 Å². The summed E-state index contributed by atoms with van der Waals surface area (Å²) < 4.78 is 12.0. The molecule has 0 saturated heterocycles. The molecule has 14 heavy (non-hydrogen) atoms. The lowest BCUT2D eigenvalue weighted by Gasteiger charge is -2.09. The maximum absolute atomic E-state index is 12.0. The van der Waals surface area contributed by atoms with Gasteiger partial charge in [-0.05, 0) is 18.6 Å². The lowest BCUT2D eigenvalue weighted by Crippen LogP contribution is -2.16. The number of carbonyl (C=O) groups is 1. The highest BCUT2D eigenvalue weighted by molar-refractivity contribution is 8.00. The Morgan fingerprint density at radius 1 is 1.43 bits per heavy atom. The van der Waals surface area contributed by atoms with Crippen molar-refractivity contribution in [2.75, 3.05) is 6.67 Å². The van der Waals surface area contributed by atoms with Gasteiger partial charge in [0.05, 0.1) is 6.67 Å².